The zero-order valence-electron chi connectivity index (χ0n) is 13.5. The van der Waals surface area contributed by atoms with Crippen molar-refractivity contribution in [2.24, 2.45) is 0 Å². The van der Waals surface area contributed by atoms with E-state index in [1.807, 2.05) is 24.3 Å². The fourth-order valence-electron chi connectivity index (χ4n) is 3.11. The Hall–Kier alpha value is -2.73. The standard InChI is InChI=1S/C19H17F2N3O/c20-14-5-6-15(16(21)13-14)17-7-8-22-24(17)19-4-2-1-3-18(19)23-9-11-25-12-10-23/h1-8,13H,9-12H2. The third-order valence-electron chi connectivity index (χ3n) is 4.31. The van der Waals surface area contributed by atoms with Crippen LogP contribution in [0.1, 0.15) is 0 Å². The summed E-state index contributed by atoms with van der Waals surface area (Å²) < 4.78 is 34.6. The SMILES string of the molecule is Fc1ccc(-c2ccnn2-c2ccccc2N2CCOCC2)c(F)c1. The maximum Gasteiger partial charge on any atom is 0.135 e. The van der Waals surface area contributed by atoms with E-state index in [1.54, 1.807) is 16.9 Å². The number of hydrogen-bond acceptors (Lipinski definition) is 3. The van der Waals surface area contributed by atoms with Crippen LogP contribution in [0.4, 0.5) is 14.5 Å². The summed E-state index contributed by atoms with van der Waals surface area (Å²) >= 11 is 0. The van der Waals surface area contributed by atoms with Crippen molar-refractivity contribution in [2.75, 3.05) is 31.2 Å². The maximum atomic E-state index is 14.3. The number of rotatable bonds is 3. The number of benzene rings is 2. The van der Waals surface area contributed by atoms with Gasteiger partial charge in [0.1, 0.15) is 11.6 Å². The third-order valence-corrected chi connectivity index (χ3v) is 4.31. The molecule has 0 spiro atoms. The van der Waals surface area contributed by atoms with E-state index in [2.05, 4.69) is 10.00 Å². The Morgan fingerprint density at radius 1 is 0.920 bits per heavy atom. The van der Waals surface area contributed by atoms with Crippen molar-refractivity contribution in [1.82, 2.24) is 9.78 Å². The lowest BCUT2D eigenvalue weighted by molar-refractivity contribution is 0.122. The predicted molar refractivity (Wildman–Crippen MR) is 91.9 cm³/mol. The van der Waals surface area contributed by atoms with E-state index in [-0.39, 0.29) is 0 Å². The third kappa shape index (κ3) is 3.00. The van der Waals surface area contributed by atoms with Gasteiger partial charge in [0.2, 0.25) is 0 Å². The van der Waals surface area contributed by atoms with Crippen LogP contribution in [0.3, 0.4) is 0 Å². The Morgan fingerprint density at radius 3 is 2.44 bits per heavy atom. The fraction of sp³-hybridized carbons (Fsp3) is 0.211. The second kappa shape index (κ2) is 6.64. The number of ether oxygens (including phenoxy) is 1. The van der Waals surface area contributed by atoms with Crippen LogP contribution in [0.25, 0.3) is 16.9 Å². The van der Waals surface area contributed by atoms with Gasteiger partial charge in [-0.2, -0.15) is 5.10 Å². The molecule has 1 saturated heterocycles. The van der Waals surface area contributed by atoms with Gasteiger partial charge in [-0.25, -0.2) is 13.5 Å². The molecular weight excluding hydrogens is 324 g/mol. The highest BCUT2D eigenvalue weighted by Crippen LogP contribution is 2.30. The van der Waals surface area contributed by atoms with Gasteiger partial charge in [0, 0.05) is 24.7 Å². The van der Waals surface area contributed by atoms with E-state index in [0.29, 0.717) is 24.5 Å². The summed E-state index contributed by atoms with van der Waals surface area (Å²) in [6.07, 6.45) is 1.62. The Bertz CT molecular complexity index is 888. The molecule has 3 aromatic rings. The van der Waals surface area contributed by atoms with Crippen LogP contribution in [0.5, 0.6) is 0 Å². The Kier molecular flexibility index (Phi) is 4.19. The van der Waals surface area contributed by atoms with Crippen LogP contribution in [0.2, 0.25) is 0 Å². The largest absolute Gasteiger partial charge is 0.378 e. The van der Waals surface area contributed by atoms with Crippen molar-refractivity contribution in [1.29, 1.82) is 0 Å². The first-order chi connectivity index (χ1) is 12.2. The number of halogens is 2. The quantitative estimate of drug-likeness (QED) is 0.728. The van der Waals surface area contributed by atoms with Gasteiger partial charge in [0.15, 0.2) is 0 Å². The molecule has 128 valence electrons. The lowest BCUT2D eigenvalue weighted by Crippen LogP contribution is -2.36. The molecule has 1 aliphatic rings. The number of anilines is 1. The highest BCUT2D eigenvalue weighted by Gasteiger charge is 2.19. The maximum absolute atomic E-state index is 14.3. The molecule has 0 unspecified atom stereocenters. The van der Waals surface area contributed by atoms with Crippen LogP contribution in [0.15, 0.2) is 54.7 Å². The van der Waals surface area contributed by atoms with E-state index in [1.165, 1.54) is 12.1 Å². The summed E-state index contributed by atoms with van der Waals surface area (Å²) in [5.74, 6) is -1.20. The molecular formula is C19H17F2N3O. The smallest absolute Gasteiger partial charge is 0.135 e. The number of aromatic nitrogens is 2. The van der Waals surface area contributed by atoms with E-state index < -0.39 is 11.6 Å². The summed E-state index contributed by atoms with van der Waals surface area (Å²) in [5.41, 5.74) is 2.76. The molecule has 2 aromatic carbocycles. The first kappa shape index (κ1) is 15.8. The van der Waals surface area contributed by atoms with Crippen molar-refractivity contribution < 1.29 is 13.5 Å². The van der Waals surface area contributed by atoms with Gasteiger partial charge < -0.3 is 9.64 Å². The minimum atomic E-state index is -0.606. The summed E-state index contributed by atoms with van der Waals surface area (Å²) in [6.45, 7) is 2.93. The molecule has 0 radical (unpaired) electrons. The average Bonchev–Trinajstić information content (AvgIpc) is 3.12. The van der Waals surface area contributed by atoms with Crippen molar-refractivity contribution >= 4 is 5.69 Å². The molecule has 25 heavy (non-hydrogen) atoms. The summed E-state index contributed by atoms with van der Waals surface area (Å²) in [6, 6.07) is 13.2. The van der Waals surface area contributed by atoms with Gasteiger partial charge in [-0.3, -0.25) is 0 Å². The van der Waals surface area contributed by atoms with Crippen LogP contribution < -0.4 is 4.90 Å². The Balaban J connectivity index is 1.81. The molecule has 2 heterocycles. The van der Waals surface area contributed by atoms with Crippen LogP contribution in [0, 0.1) is 11.6 Å². The van der Waals surface area contributed by atoms with Crippen LogP contribution >= 0.6 is 0 Å². The second-order valence-corrected chi connectivity index (χ2v) is 5.84. The minimum Gasteiger partial charge on any atom is -0.378 e. The van der Waals surface area contributed by atoms with Gasteiger partial charge in [-0.05, 0) is 30.3 Å². The predicted octanol–water partition coefficient (Wildman–Crippen LogP) is 3.65. The van der Waals surface area contributed by atoms with Gasteiger partial charge in [0.25, 0.3) is 0 Å². The van der Waals surface area contributed by atoms with Crippen LogP contribution in [-0.4, -0.2) is 36.1 Å². The first-order valence-corrected chi connectivity index (χ1v) is 8.15. The molecule has 1 aliphatic heterocycles. The molecule has 0 aliphatic carbocycles. The molecule has 0 bridgehead atoms. The lowest BCUT2D eigenvalue weighted by atomic mass is 10.1. The highest BCUT2D eigenvalue weighted by atomic mass is 19.1. The Morgan fingerprint density at radius 2 is 1.68 bits per heavy atom. The lowest BCUT2D eigenvalue weighted by Gasteiger charge is -2.30. The molecule has 0 N–H and O–H groups in total. The Labute approximate surface area is 144 Å². The first-order valence-electron chi connectivity index (χ1n) is 8.15. The minimum absolute atomic E-state index is 0.315. The molecule has 0 saturated carbocycles. The molecule has 4 rings (SSSR count). The van der Waals surface area contributed by atoms with E-state index in [9.17, 15) is 8.78 Å². The summed E-state index contributed by atoms with van der Waals surface area (Å²) in [4.78, 5) is 2.23. The van der Waals surface area contributed by atoms with E-state index in [4.69, 9.17) is 4.74 Å². The molecule has 1 fully saturated rings. The fourth-order valence-corrected chi connectivity index (χ4v) is 3.11. The van der Waals surface area contributed by atoms with E-state index >= 15 is 0 Å². The van der Waals surface area contributed by atoms with Gasteiger partial charge in [-0.15, -0.1) is 0 Å². The van der Waals surface area contributed by atoms with Gasteiger partial charge >= 0.3 is 0 Å². The molecule has 6 heteroatoms. The number of para-hydroxylation sites is 2. The van der Waals surface area contributed by atoms with Crippen molar-refractivity contribution in [3.63, 3.8) is 0 Å². The molecule has 0 atom stereocenters. The van der Waals surface area contributed by atoms with Crippen molar-refractivity contribution in [3.8, 4) is 16.9 Å². The van der Waals surface area contributed by atoms with Gasteiger partial charge in [-0.1, -0.05) is 12.1 Å². The normalized spacial score (nSPS) is 14.7. The number of hydrogen-bond donors (Lipinski definition) is 0. The van der Waals surface area contributed by atoms with Gasteiger partial charge in [0.05, 0.1) is 36.5 Å². The second-order valence-electron chi connectivity index (χ2n) is 5.84. The van der Waals surface area contributed by atoms with E-state index in [0.717, 1.165) is 30.5 Å². The summed E-state index contributed by atoms with van der Waals surface area (Å²) in [7, 11) is 0. The molecule has 1 aromatic heterocycles. The number of morpholine rings is 1. The molecule has 0 amide bonds. The molecule has 4 nitrogen and oxygen atoms in total. The monoisotopic (exact) mass is 341 g/mol. The zero-order chi connectivity index (χ0) is 17.2. The van der Waals surface area contributed by atoms with Crippen molar-refractivity contribution in [3.05, 3.63) is 66.4 Å². The summed E-state index contributed by atoms with van der Waals surface area (Å²) in [5, 5.41) is 4.38. The van der Waals surface area contributed by atoms with Crippen molar-refractivity contribution in [2.45, 2.75) is 0 Å². The number of nitrogens with zero attached hydrogens (tertiary/aromatic N) is 3. The topological polar surface area (TPSA) is 30.3 Å². The average molecular weight is 341 g/mol. The van der Waals surface area contributed by atoms with Crippen LogP contribution in [-0.2, 0) is 4.74 Å². The zero-order valence-corrected chi connectivity index (χ0v) is 13.5. The highest BCUT2D eigenvalue weighted by molar-refractivity contribution is 5.69.